The van der Waals surface area contributed by atoms with Crippen LogP contribution in [0.4, 0.5) is 0 Å². The van der Waals surface area contributed by atoms with E-state index in [1.807, 2.05) is 13.0 Å². The minimum absolute atomic E-state index is 0.410. The molecule has 0 bridgehead atoms. The molecule has 1 unspecified atom stereocenters. The predicted molar refractivity (Wildman–Crippen MR) is 76.6 cm³/mol. The summed E-state index contributed by atoms with van der Waals surface area (Å²) >= 11 is 5.10. The molecule has 1 aromatic carbocycles. The number of hydrogen-bond donors (Lipinski definition) is 1. The average Bonchev–Trinajstić information content (AvgIpc) is 2.59. The SMILES string of the molecule is Cc1cccc(CC(O)c2cc(C)c(Br)s2)c1. The second-order valence-electron chi connectivity index (χ2n) is 4.31. The molecule has 1 nitrogen and oxygen atoms in total. The van der Waals surface area contributed by atoms with Gasteiger partial charge in [-0.3, -0.25) is 0 Å². The largest absolute Gasteiger partial charge is 0.387 e. The maximum absolute atomic E-state index is 10.2. The van der Waals surface area contributed by atoms with Gasteiger partial charge in [-0.1, -0.05) is 29.8 Å². The van der Waals surface area contributed by atoms with Crippen molar-refractivity contribution in [1.29, 1.82) is 0 Å². The minimum atomic E-state index is -0.410. The van der Waals surface area contributed by atoms with E-state index in [0.29, 0.717) is 6.42 Å². The fraction of sp³-hybridized carbons (Fsp3) is 0.286. The molecule has 3 heteroatoms. The van der Waals surface area contributed by atoms with Gasteiger partial charge in [0.15, 0.2) is 0 Å². The van der Waals surface area contributed by atoms with Crippen LogP contribution in [-0.2, 0) is 6.42 Å². The van der Waals surface area contributed by atoms with Gasteiger partial charge in [-0.15, -0.1) is 11.3 Å². The quantitative estimate of drug-likeness (QED) is 0.890. The molecule has 0 saturated heterocycles. The number of hydrogen-bond acceptors (Lipinski definition) is 2. The zero-order chi connectivity index (χ0) is 12.4. The first-order chi connectivity index (χ1) is 8.06. The fourth-order valence-electron chi connectivity index (χ4n) is 1.81. The van der Waals surface area contributed by atoms with Crippen molar-refractivity contribution in [2.24, 2.45) is 0 Å². The maximum atomic E-state index is 10.2. The number of aryl methyl sites for hydroxylation is 2. The van der Waals surface area contributed by atoms with Crippen LogP contribution in [0, 0.1) is 13.8 Å². The van der Waals surface area contributed by atoms with E-state index in [4.69, 9.17) is 0 Å². The van der Waals surface area contributed by atoms with Crippen molar-refractivity contribution < 1.29 is 5.11 Å². The fourth-order valence-corrected chi connectivity index (χ4v) is 3.37. The van der Waals surface area contributed by atoms with E-state index in [2.05, 4.69) is 47.1 Å². The first kappa shape index (κ1) is 12.8. The second-order valence-corrected chi connectivity index (χ2v) is 6.72. The lowest BCUT2D eigenvalue weighted by atomic mass is 10.0. The van der Waals surface area contributed by atoms with E-state index in [-0.39, 0.29) is 0 Å². The van der Waals surface area contributed by atoms with Crippen LogP contribution < -0.4 is 0 Å². The van der Waals surface area contributed by atoms with E-state index < -0.39 is 6.10 Å². The molecule has 1 atom stereocenters. The summed E-state index contributed by atoms with van der Waals surface area (Å²) in [4.78, 5) is 1.02. The van der Waals surface area contributed by atoms with Crippen LogP contribution >= 0.6 is 27.3 Å². The smallest absolute Gasteiger partial charge is 0.0922 e. The van der Waals surface area contributed by atoms with Gasteiger partial charge < -0.3 is 5.11 Å². The van der Waals surface area contributed by atoms with Gasteiger partial charge in [0.05, 0.1) is 9.89 Å². The zero-order valence-corrected chi connectivity index (χ0v) is 12.3. The highest BCUT2D eigenvalue weighted by molar-refractivity contribution is 9.11. The summed E-state index contributed by atoms with van der Waals surface area (Å²) in [6, 6.07) is 10.3. The summed E-state index contributed by atoms with van der Waals surface area (Å²) in [6.45, 7) is 4.12. The van der Waals surface area contributed by atoms with Crippen molar-refractivity contribution in [2.75, 3.05) is 0 Å². The van der Waals surface area contributed by atoms with Crippen molar-refractivity contribution >= 4 is 27.3 Å². The van der Waals surface area contributed by atoms with Gasteiger partial charge in [0.25, 0.3) is 0 Å². The average molecular weight is 311 g/mol. The molecule has 2 aromatic rings. The lowest BCUT2D eigenvalue weighted by Gasteiger charge is -2.08. The third-order valence-electron chi connectivity index (χ3n) is 2.72. The van der Waals surface area contributed by atoms with Gasteiger partial charge in [0, 0.05) is 11.3 Å². The molecule has 1 N–H and O–H groups in total. The first-order valence-electron chi connectivity index (χ1n) is 5.55. The van der Waals surface area contributed by atoms with Gasteiger partial charge in [0.2, 0.25) is 0 Å². The number of benzene rings is 1. The van der Waals surface area contributed by atoms with Crippen molar-refractivity contribution in [2.45, 2.75) is 26.4 Å². The minimum Gasteiger partial charge on any atom is -0.387 e. The van der Waals surface area contributed by atoms with E-state index in [1.54, 1.807) is 11.3 Å². The Morgan fingerprint density at radius 1 is 1.29 bits per heavy atom. The lowest BCUT2D eigenvalue weighted by molar-refractivity contribution is 0.182. The topological polar surface area (TPSA) is 20.2 Å². The van der Waals surface area contributed by atoms with Crippen LogP contribution in [0.15, 0.2) is 34.1 Å². The van der Waals surface area contributed by atoms with E-state index in [0.717, 1.165) is 8.66 Å². The Kier molecular flexibility index (Phi) is 4.02. The molecule has 0 radical (unpaired) electrons. The predicted octanol–water partition coefficient (Wildman–Crippen LogP) is 4.40. The Morgan fingerprint density at radius 2 is 2.06 bits per heavy atom. The molecule has 0 amide bonds. The highest BCUT2D eigenvalue weighted by Gasteiger charge is 2.13. The van der Waals surface area contributed by atoms with Crippen LogP contribution in [0.1, 0.15) is 27.7 Å². The number of aliphatic hydroxyl groups excluding tert-OH is 1. The normalized spacial score (nSPS) is 12.7. The van der Waals surface area contributed by atoms with Gasteiger partial charge in [-0.05, 0) is 47.0 Å². The Hall–Kier alpha value is -0.640. The van der Waals surface area contributed by atoms with Crippen molar-refractivity contribution in [1.82, 2.24) is 0 Å². The van der Waals surface area contributed by atoms with Crippen molar-refractivity contribution in [3.05, 3.63) is 55.7 Å². The molecule has 2 rings (SSSR count). The summed E-state index contributed by atoms with van der Waals surface area (Å²) in [7, 11) is 0. The third kappa shape index (κ3) is 3.18. The van der Waals surface area contributed by atoms with Gasteiger partial charge >= 0.3 is 0 Å². The Bertz CT molecular complexity index is 499. The summed E-state index contributed by atoms with van der Waals surface area (Å²) < 4.78 is 1.11. The Labute approximate surface area is 114 Å². The molecule has 90 valence electrons. The second kappa shape index (κ2) is 5.34. The molecule has 0 saturated carbocycles. The van der Waals surface area contributed by atoms with Crippen molar-refractivity contribution in [3.63, 3.8) is 0 Å². The lowest BCUT2D eigenvalue weighted by Crippen LogP contribution is -1.99. The molecule has 17 heavy (non-hydrogen) atoms. The van der Waals surface area contributed by atoms with E-state index >= 15 is 0 Å². The third-order valence-corrected chi connectivity index (χ3v) is 4.95. The van der Waals surface area contributed by atoms with Crippen molar-refractivity contribution in [3.8, 4) is 0 Å². The molecule has 0 aliphatic rings. The molecule has 0 fully saturated rings. The molecule has 0 aliphatic carbocycles. The molecule has 0 spiro atoms. The van der Waals surface area contributed by atoms with Crippen LogP contribution in [0.2, 0.25) is 0 Å². The highest BCUT2D eigenvalue weighted by atomic mass is 79.9. The Balaban J connectivity index is 2.14. The van der Waals surface area contributed by atoms with Crippen LogP contribution in [0.25, 0.3) is 0 Å². The summed E-state index contributed by atoms with van der Waals surface area (Å²) in [5.74, 6) is 0. The Morgan fingerprint density at radius 3 is 2.65 bits per heavy atom. The maximum Gasteiger partial charge on any atom is 0.0922 e. The number of rotatable bonds is 3. The van der Waals surface area contributed by atoms with Gasteiger partial charge in [-0.2, -0.15) is 0 Å². The number of thiophene rings is 1. The monoisotopic (exact) mass is 310 g/mol. The first-order valence-corrected chi connectivity index (χ1v) is 7.16. The van der Waals surface area contributed by atoms with Crippen LogP contribution in [0.3, 0.4) is 0 Å². The summed E-state index contributed by atoms with van der Waals surface area (Å²) in [6.07, 6.45) is 0.264. The number of halogens is 1. The van der Waals surface area contributed by atoms with E-state index in [9.17, 15) is 5.11 Å². The van der Waals surface area contributed by atoms with Gasteiger partial charge in [0.1, 0.15) is 0 Å². The molecule has 1 heterocycles. The zero-order valence-electron chi connectivity index (χ0n) is 9.90. The standard InChI is InChI=1S/C14H15BrOS/c1-9-4-3-5-11(6-9)8-12(16)13-7-10(2)14(15)17-13/h3-7,12,16H,8H2,1-2H3. The highest BCUT2D eigenvalue weighted by Crippen LogP contribution is 2.32. The molecule has 0 aliphatic heterocycles. The molecular weight excluding hydrogens is 296 g/mol. The summed E-state index contributed by atoms with van der Waals surface area (Å²) in [5.41, 5.74) is 3.60. The molecule has 1 aromatic heterocycles. The number of aliphatic hydroxyl groups is 1. The van der Waals surface area contributed by atoms with Gasteiger partial charge in [-0.25, -0.2) is 0 Å². The molecular formula is C14H15BrOS. The van der Waals surface area contributed by atoms with E-state index in [1.165, 1.54) is 16.7 Å². The van der Waals surface area contributed by atoms with Crippen LogP contribution in [0.5, 0.6) is 0 Å². The van der Waals surface area contributed by atoms with Crippen LogP contribution in [-0.4, -0.2) is 5.11 Å². The summed E-state index contributed by atoms with van der Waals surface area (Å²) in [5, 5.41) is 10.2.